The van der Waals surface area contributed by atoms with Crippen LogP contribution in [0.4, 0.5) is 0 Å². The Morgan fingerprint density at radius 3 is 2.85 bits per heavy atom. The highest BCUT2D eigenvalue weighted by molar-refractivity contribution is 4.95. The lowest BCUT2D eigenvalue weighted by molar-refractivity contribution is 0.154. The van der Waals surface area contributed by atoms with Gasteiger partial charge in [-0.2, -0.15) is 4.98 Å². The number of aromatic nitrogens is 2. The van der Waals surface area contributed by atoms with Gasteiger partial charge in [0.05, 0.1) is 6.04 Å². The molecule has 1 N–H and O–H groups in total. The van der Waals surface area contributed by atoms with Gasteiger partial charge in [0.1, 0.15) is 0 Å². The maximum absolute atomic E-state index is 5.41. The van der Waals surface area contributed by atoms with Gasteiger partial charge in [-0.15, -0.1) is 0 Å². The van der Waals surface area contributed by atoms with Crippen molar-refractivity contribution in [2.75, 3.05) is 46.3 Å². The summed E-state index contributed by atoms with van der Waals surface area (Å²) < 4.78 is 5.41. The van der Waals surface area contributed by atoms with Crippen LogP contribution in [-0.4, -0.2) is 66.3 Å². The van der Waals surface area contributed by atoms with Gasteiger partial charge >= 0.3 is 0 Å². The van der Waals surface area contributed by atoms with Gasteiger partial charge in [-0.05, 0) is 26.4 Å². The van der Waals surface area contributed by atoms with Gasteiger partial charge in [-0.3, -0.25) is 0 Å². The van der Waals surface area contributed by atoms with E-state index in [0.29, 0.717) is 0 Å². The molecule has 20 heavy (non-hydrogen) atoms. The summed E-state index contributed by atoms with van der Waals surface area (Å²) in [6.45, 7) is 6.69. The molecule has 2 aliphatic rings. The summed E-state index contributed by atoms with van der Waals surface area (Å²) in [5.41, 5.74) is 0. The van der Waals surface area contributed by atoms with Crippen molar-refractivity contribution in [3.63, 3.8) is 0 Å². The molecule has 6 heteroatoms. The monoisotopic (exact) mass is 279 g/mol. The van der Waals surface area contributed by atoms with E-state index >= 15 is 0 Å². The first-order chi connectivity index (χ1) is 9.81. The van der Waals surface area contributed by atoms with Crippen LogP contribution in [0.3, 0.4) is 0 Å². The van der Waals surface area contributed by atoms with E-state index in [4.69, 9.17) is 4.52 Å². The van der Waals surface area contributed by atoms with Crippen molar-refractivity contribution in [2.45, 2.75) is 31.7 Å². The van der Waals surface area contributed by atoms with Crippen LogP contribution >= 0.6 is 0 Å². The van der Waals surface area contributed by atoms with Crippen LogP contribution in [0.15, 0.2) is 4.52 Å². The standard InChI is InChI=1S/C14H25N5O/c1-18-8-10-19(11-9-18)7-5-13-16-14(20-17-13)12-4-2-3-6-15-12/h12,15H,2-11H2,1H3. The van der Waals surface area contributed by atoms with Crippen LogP contribution in [0, 0.1) is 0 Å². The van der Waals surface area contributed by atoms with Crippen LogP contribution < -0.4 is 5.32 Å². The topological polar surface area (TPSA) is 57.4 Å². The summed E-state index contributed by atoms with van der Waals surface area (Å²) >= 11 is 0. The van der Waals surface area contributed by atoms with Crippen LogP contribution in [-0.2, 0) is 6.42 Å². The van der Waals surface area contributed by atoms with Gasteiger partial charge in [-0.25, -0.2) is 0 Å². The molecule has 1 aromatic heterocycles. The zero-order valence-corrected chi connectivity index (χ0v) is 12.3. The first kappa shape index (κ1) is 14.0. The molecule has 2 saturated heterocycles. The Kier molecular flexibility index (Phi) is 4.65. The molecule has 0 aromatic carbocycles. The van der Waals surface area contributed by atoms with E-state index in [1.54, 1.807) is 0 Å². The second kappa shape index (κ2) is 6.65. The minimum Gasteiger partial charge on any atom is -0.338 e. The maximum atomic E-state index is 5.41. The average Bonchev–Trinajstić information content (AvgIpc) is 2.97. The number of hydrogen-bond donors (Lipinski definition) is 1. The number of piperidine rings is 1. The maximum Gasteiger partial charge on any atom is 0.243 e. The predicted octanol–water partition coefficient (Wildman–Crippen LogP) is 0.674. The zero-order chi connectivity index (χ0) is 13.8. The molecule has 2 fully saturated rings. The highest BCUT2D eigenvalue weighted by atomic mass is 16.5. The molecule has 0 aliphatic carbocycles. The van der Waals surface area contributed by atoms with Crippen LogP contribution in [0.1, 0.15) is 37.0 Å². The van der Waals surface area contributed by atoms with Gasteiger partial charge in [0, 0.05) is 39.1 Å². The summed E-state index contributed by atoms with van der Waals surface area (Å²) in [6, 6.07) is 0.272. The molecular formula is C14H25N5O. The summed E-state index contributed by atoms with van der Waals surface area (Å²) in [5, 5.41) is 7.57. The second-order valence-corrected chi connectivity index (χ2v) is 5.95. The lowest BCUT2D eigenvalue weighted by Crippen LogP contribution is -2.45. The molecule has 1 atom stereocenters. The van der Waals surface area contributed by atoms with E-state index in [0.717, 1.165) is 63.8 Å². The molecule has 2 aliphatic heterocycles. The Hall–Kier alpha value is -0.980. The second-order valence-electron chi connectivity index (χ2n) is 5.95. The molecule has 1 unspecified atom stereocenters. The predicted molar refractivity (Wildman–Crippen MR) is 76.5 cm³/mol. The first-order valence-electron chi connectivity index (χ1n) is 7.78. The SMILES string of the molecule is CN1CCN(CCc2noc(C3CCCCN3)n2)CC1. The van der Waals surface area contributed by atoms with E-state index in [1.165, 1.54) is 12.8 Å². The Balaban J connectivity index is 1.47. The normalized spacial score (nSPS) is 25.9. The molecule has 112 valence electrons. The lowest BCUT2D eigenvalue weighted by Gasteiger charge is -2.31. The van der Waals surface area contributed by atoms with E-state index in [2.05, 4.69) is 32.3 Å². The van der Waals surface area contributed by atoms with Crippen LogP contribution in [0.2, 0.25) is 0 Å². The number of rotatable bonds is 4. The number of nitrogens with zero attached hydrogens (tertiary/aromatic N) is 4. The lowest BCUT2D eigenvalue weighted by atomic mass is 10.1. The zero-order valence-electron chi connectivity index (χ0n) is 12.3. The van der Waals surface area contributed by atoms with Gasteiger partial charge in [-0.1, -0.05) is 11.6 Å². The Morgan fingerprint density at radius 1 is 1.25 bits per heavy atom. The molecular weight excluding hydrogens is 254 g/mol. The van der Waals surface area contributed by atoms with Crippen molar-refractivity contribution < 1.29 is 4.52 Å². The van der Waals surface area contributed by atoms with Crippen LogP contribution in [0.25, 0.3) is 0 Å². The van der Waals surface area contributed by atoms with E-state index in [1.807, 2.05) is 0 Å². The third kappa shape index (κ3) is 3.56. The smallest absolute Gasteiger partial charge is 0.243 e. The van der Waals surface area contributed by atoms with E-state index in [-0.39, 0.29) is 6.04 Å². The molecule has 0 spiro atoms. The fourth-order valence-electron chi connectivity index (χ4n) is 2.90. The summed E-state index contributed by atoms with van der Waals surface area (Å²) in [7, 11) is 2.18. The summed E-state index contributed by atoms with van der Waals surface area (Å²) in [5.74, 6) is 1.63. The third-order valence-electron chi connectivity index (χ3n) is 4.34. The molecule has 0 radical (unpaired) electrons. The van der Waals surface area contributed by atoms with E-state index < -0.39 is 0 Å². The summed E-state index contributed by atoms with van der Waals surface area (Å²) in [4.78, 5) is 9.41. The minimum atomic E-state index is 0.272. The van der Waals surface area contributed by atoms with E-state index in [9.17, 15) is 0 Å². The molecule has 0 bridgehead atoms. The van der Waals surface area contributed by atoms with Crippen molar-refractivity contribution in [2.24, 2.45) is 0 Å². The molecule has 0 saturated carbocycles. The first-order valence-corrected chi connectivity index (χ1v) is 7.78. The van der Waals surface area contributed by atoms with Gasteiger partial charge in [0.25, 0.3) is 0 Å². The molecule has 0 amide bonds. The highest BCUT2D eigenvalue weighted by Gasteiger charge is 2.21. The number of nitrogens with one attached hydrogen (secondary N) is 1. The number of piperazine rings is 1. The molecule has 1 aromatic rings. The fraction of sp³-hybridized carbons (Fsp3) is 0.857. The number of likely N-dealkylation sites (N-methyl/N-ethyl adjacent to an activating group) is 1. The highest BCUT2D eigenvalue weighted by Crippen LogP contribution is 2.21. The minimum absolute atomic E-state index is 0.272. The van der Waals surface area contributed by atoms with Gasteiger partial charge in [0.15, 0.2) is 5.82 Å². The third-order valence-corrected chi connectivity index (χ3v) is 4.34. The Morgan fingerprint density at radius 2 is 2.10 bits per heavy atom. The summed E-state index contributed by atoms with van der Waals surface area (Å²) in [6.07, 6.45) is 4.50. The number of hydrogen-bond acceptors (Lipinski definition) is 6. The van der Waals surface area contributed by atoms with Crippen molar-refractivity contribution in [1.29, 1.82) is 0 Å². The quantitative estimate of drug-likeness (QED) is 0.874. The van der Waals surface area contributed by atoms with Crippen LogP contribution in [0.5, 0.6) is 0 Å². The Labute approximate surface area is 120 Å². The van der Waals surface area contributed by atoms with Crippen molar-refractivity contribution >= 4 is 0 Å². The fourth-order valence-corrected chi connectivity index (χ4v) is 2.90. The van der Waals surface area contributed by atoms with Gasteiger partial charge in [0.2, 0.25) is 5.89 Å². The van der Waals surface area contributed by atoms with Gasteiger partial charge < -0.3 is 19.6 Å². The van der Waals surface area contributed by atoms with Crippen molar-refractivity contribution in [3.05, 3.63) is 11.7 Å². The largest absolute Gasteiger partial charge is 0.338 e. The van der Waals surface area contributed by atoms with Crippen molar-refractivity contribution in [3.8, 4) is 0 Å². The average molecular weight is 279 g/mol. The van der Waals surface area contributed by atoms with Crippen molar-refractivity contribution in [1.82, 2.24) is 25.3 Å². The molecule has 3 rings (SSSR count). The molecule has 6 nitrogen and oxygen atoms in total. The molecule has 3 heterocycles. The Bertz CT molecular complexity index is 407.